The van der Waals surface area contributed by atoms with Crippen molar-refractivity contribution >= 4 is 11.7 Å². The molecule has 0 saturated carbocycles. The predicted octanol–water partition coefficient (Wildman–Crippen LogP) is 3.40. The van der Waals surface area contributed by atoms with Gasteiger partial charge in [-0.3, -0.25) is 14.5 Å². The number of nitrogens with zero attached hydrogens (tertiary/aromatic N) is 3. The molecule has 0 saturated heterocycles. The van der Waals surface area contributed by atoms with Crippen LogP contribution < -0.4 is 5.32 Å². The molecule has 162 valence electrons. The Labute approximate surface area is 175 Å². The van der Waals surface area contributed by atoms with E-state index in [4.69, 9.17) is 0 Å². The van der Waals surface area contributed by atoms with Crippen LogP contribution in [0.25, 0.3) is 11.4 Å². The Morgan fingerprint density at radius 2 is 1.90 bits per heavy atom. The molecule has 0 radical (unpaired) electrons. The summed E-state index contributed by atoms with van der Waals surface area (Å²) in [6, 6.07) is 3.09. The molecule has 1 aromatic carbocycles. The van der Waals surface area contributed by atoms with E-state index in [2.05, 4.69) is 15.2 Å². The quantitative estimate of drug-likeness (QED) is 0.827. The molecule has 0 spiro atoms. The lowest BCUT2D eigenvalue weighted by molar-refractivity contribution is -0.121. The standard InChI is InChI=1S/C22H28F2N4O2/c1-12-10-28-17(11-27(12)6)18(21(30)26-19(13(2)29)22(3,4)5)25-20(28)14-7-8-15(23)16(24)9-14/h7-9,12,19H,10-11H2,1-6H3,(H,26,30)/t12?,19-/m1/s1. The lowest BCUT2D eigenvalue weighted by Crippen LogP contribution is -2.48. The minimum absolute atomic E-state index is 0.143. The fourth-order valence-electron chi connectivity index (χ4n) is 3.80. The highest BCUT2D eigenvalue weighted by Gasteiger charge is 2.34. The number of imidazole rings is 1. The van der Waals surface area contributed by atoms with Crippen LogP contribution in [0.3, 0.4) is 0 Å². The molecule has 1 aliphatic heterocycles. The van der Waals surface area contributed by atoms with Gasteiger partial charge in [-0.25, -0.2) is 13.8 Å². The largest absolute Gasteiger partial charge is 0.340 e. The van der Waals surface area contributed by atoms with Gasteiger partial charge in [-0.15, -0.1) is 0 Å². The van der Waals surface area contributed by atoms with E-state index in [0.717, 1.165) is 12.1 Å². The second-order valence-electron chi connectivity index (χ2n) is 9.12. The molecule has 0 aliphatic carbocycles. The number of carbonyl (C=O) groups excluding carboxylic acids is 2. The summed E-state index contributed by atoms with van der Waals surface area (Å²) in [5.74, 6) is -2.10. The molecule has 1 unspecified atom stereocenters. The first-order chi connectivity index (χ1) is 13.9. The molecule has 30 heavy (non-hydrogen) atoms. The molecule has 1 amide bonds. The van der Waals surface area contributed by atoms with Gasteiger partial charge in [0.2, 0.25) is 0 Å². The van der Waals surface area contributed by atoms with Crippen molar-refractivity contribution in [2.75, 3.05) is 7.05 Å². The SMILES string of the molecule is CC(=O)[C@@H](NC(=O)c1nc(-c2ccc(F)c(F)c2)n2c1CN(C)C(C)C2)C(C)(C)C. The van der Waals surface area contributed by atoms with Gasteiger partial charge in [0.05, 0.1) is 11.7 Å². The number of hydrogen-bond acceptors (Lipinski definition) is 4. The molecule has 1 aromatic heterocycles. The van der Waals surface area contributed by atoms with E-state index in [-0.39, 0.29) is 17.5 Å². The van der Waals surface area contributed by atoms with Crippen molar-refractivity contribution in [2.45, 2.75) is 59.8 Å². The highest BCUT2D eigenvalue weighted by molar-refractivity contribution is 5.97. The molecular weight excluding hydrogens is 390 g/mol. The molecule has 8 heteroatoms. The zero-order valence-corrected chi connectivity index (χ0v) is 18.2. The van der Waals surface area contributed by atoms with Crippen molar-refractivity contribution < 1.29 is 18.4 Å². The molecule has 0 fully saturated rings. The number of amides is 1. The Morgan fingerprint density at radius 3 is 2.47 bits per heavy atom. The number of fused-ring (bicyclic) bond motifs is 1. The topological polar surface area (TPSA) is 67.2 Å². The number of nitrogens with one attached hydrogen (secondary N) is 1. The molecule has 6 nitrogen and oxygen atoms in total. The van der Waals surface area contributed by atoms with Crippen LogP contribution in [0.2, 0.25) is 0 Å². The van der Waals surface area contributed by atoms with Crippen molar-refractivity contribution in [1.29, 1.82) is 0 Å². The van der Waals surface area contributed by atoms with Gasteiger partial charge in [-0.1, -0.05) is 20.8 Å². The average Bonchev–Trinajstić information content (AvgIpc) is 2.99. The Bertz CT molecular complexity index is 994. The number of halogens is 2. The number of hydrogen-bond donors (Lipinski definition) is 1. The first-order valence-electron chi connectivity index (χ1n) is 9.96. The van der Waals surface area contributed by atoms with Crippen LogP contribution in [0.15, 0.2) is 18.2 Å². The van der Waals surface area contributed by atoms with Gasteiger partial charge in [0, 0.05) is 24.7 Å². The minimum atomic E-state index is -0.971. The summed E-state index contributed by atoms with van der Waals surface area (Å²) in [5, 5.41) is 2.82. The lowest BCUT2D eigenvalue weighted by Gasteiger charge is -2.32. The molecule has 1 aliphatic rings. The number of ketones is 1. The summed E-state index contributed by atoms with van der Waals surface area (Å²) in [4.78, 5) is 31.9. The summed E-state index contributed by atoms with van der Waals surface area (Å²) in [5.41, 5.74) is 0.813. The Morgan fingerprint density at radius 1 is 1.23 bits per heavy atom. The zero-order valence-electron chi connectivity index (χ0n) is 18.2. The van der Waals surface area contributed by atoms with Crippen molar-refractivity contribution in [3.63, 3.8) is 0 Å². The third-order valence-corrected chi connectivity index (χ3v) is 5.61. The van der Waals surface area contributed by atoms with Crippen LogP contribution in [0.1, 0.15) is 50.8 Å². The minimum Gasteiger partial charge on any atom is -0.340 e. The van der Waals surface area contributed by atoms with Gasteiger partial charge in [-0.2, -0.15) is 0 Å². The Kier molecular flexibility index (Phi) is 5.82. The number of likely N-dealkylation sites (N-methyl/N-ethyl adjacent to an activating group) is 1. The summed E-state index contributed by atoms with van der Waals surface area (Å²) >= 11 is 0. The van der Waals surface area contributed by atoms with E-state index in [1.54, 1.807) is 0 Å². The predicted molar refractivity (Wildman–Crippen MR) is 110 cm³/mol. The van der Waals surface area contributed by atoms with Gasteiger partial charge < -0.3 is 9.88 Å². The molecule has 2 heterocycles. The van der Waals surface area contributed by atoms with Crippen molar-refractivity contribution in [3.05, 3.63) is 41.2 Å². The number of aromatic nitrogens is 2. The summed E-state index contributed by atoms with van der Waals surface area (Å²) in [6.07, 6.45) is 0. The maximum absolute atomic E-state index is 13.9. The third-order valence-electron chi connectivity index (χ3n) is 5.61. The van der Waals surface area contributed by atoms with Gasteiger partial charge >= 0.3 is 0 Å². The van der Waals surface area contributed by atoms with E-state index >= 15 is 0 Å². The van der Waals surface area contributed by atoms with Crippen LogP contribution in [0.4, 0.5) is 8.78 Å². The lowest BCUT2D eigenvalue weighted by atomic mass is 9.84. The van der Waals surface area contributed by atoms with Crippen LogP contribution in [-0.2, 0) is 17.9 Å². The Hall–Kier alpha value is -2.61. The summed E-state index contributed by atoms with van der Waals surface area (Å²) in [6.45, 7) is 10.2. The maximum atomic E-state index is 13.9. The first-order valence-corrected chi connectivity index (χ1v) is 9.96. The van der Waals surface area contributed by atoms with Crippen LogP contribution in [-0.4, -0.2) is 45.3 Å². The maximum Gasteiger partial charge on any atom is 0.272 e. The highest BCUT2D eigenvalue weighted by atomic mass is 19.2. The molecule has 3 rings (SSSR count). The van der Waals surface area contributed by atoms with Crippen LogP contribution in [0, 0.1) is 17.0 Å². The smallest absolute Gasteiger partial charge is 0.272 e. The fourth-order valence-corrected chi connectivity index (χ4v) is 3.80. The number of benzene rings is 1. The van der Waals surface area contributed by atoms with Crippen molar-refractivity contribution in [2.24, 2.45) is 5.41 Å². The second kappa shape index (κ2) is 7.91. The molecular formula is C22H28F2N4O2. The molecule has 2 aromatic rings. The number of Topliss-reactive ketones (excluding diaryl/α,β-unsaturated/α-hetero) is 1. The summed E-state index contributed by atoms with van der Waals surface area (Å²) < 4.78 is 29.2. The molecule has 2 atom stereocenters. The average molecular weight is 418 g/mol. The summed E-state index contributed by atoms with van der Waals surface area (Å²) in [7, 11) is 1.95. The molecule has 0 bridgehead atoms. The van der Waals surface area contributed by atoms with E-state index in [0.29, 0.717) is 30.2 Å². The van der Waals surface area contributed by atoms with Gasteiger partial charge in [0.15, 0.2) is 23.1 Å². The Balaban J connectivity index is 2.08. The van der Waals surface area contributed by atoms with Crippen molar-refractivity contribution in [1.82, 2.24) is 19.8 Å². The fraction of sp³-hybridized carbons (Fsp3) is 0.500. The monoisotopic (exact) mass is 418 g/mol. The highest BCUT2D eigenvalue weighted by Crippen LogP contribution is 2.29. The van der Waals surface area contributed by atoms with Gasteiger partial charge in [0.1, 0.15) is 5.82 Å². The first kappa shape index (κ1) is 22.1. The van der Waals surface area contributed by atoms with E-state index in [9.17, 15) is 18.4 Å². The van der Waals surface area contributed by atoms with E-state index in [1.165, 1.54) is 13.0 Å². The third kappa shape index (κ3) is 4.14. The second-order valence-corrected chi connectivity index (χ2v) is 9.12. The van der Waals surface area contributed by atoms with Crippen molar-refractivity contribution in [3.8, 4) is 11.4 Å². The van der Waals surface area contributed by atoms with Gasteiger partial charge in [-0.05, 0) is 44.5 Å². The van der Waals surface area contributed by atoms with Crippen LogP contribution in [0.5, 0.6) is 0 Å². The normalized spacial score (nSPS) is 18.1. The zero-order chi connectivity index (χ0) is 22.4. The number of carbonyl (C=O) groups is 2. The van der Waals surface area contributed by atoms with Gasteiger partial charge in [0.25, 0.3) is 5.91 Å². The molecule has 1 N–H and O–H groups in total. The van der Waals surface area contributed by atoms with Crippen LogP contribution >= 0.6 is 0 Å². The van der Waals surface area contributed by atoms with E-state index < -0.39 is 29.0 Å². The van der Waals surface area contributed by atoms with E-state index in [1.807, 2.05) is 39.3 Å². The number of rotatable bonds is 4.